The minimum Gasteiger partial charge on any atom is -0.508 e. The van der Waals surface area contributed by atoms with Crippen LogP contribution < -0.4 is 0 Å². The highest BCUT2D eigenvalue weighted by molar-refractivity contribution is 5.56. The maximum Gasteiger partial charge on any atom is 0.257 e. The summed E-state index contributed by atoms with van der Waals surface area (Å²) >= 11 is 0. The van der Waals surface area contributed by atoms with Crippen molar-refractivity contribution in [3.8, 4) is 17.2 Å². The number of benzene rings is 1. The lowest BCUT2D eigenvalue weighted by atomic mass is 10.1. The summed E-state index contributed by atoms with van der Waals surface area (Å²) in [6.07, 6.45) is 0. The monoisotopic (exact) mass is 286 g/mol. The molecule has 0 aliphatic carbocycles. The number of hydrogen-bond acceptors (Lipinski definition) is 6. The molecule has 6 nitrogen and oxygen atoms in total. The van der Waals surface area contributed by atoms with E-state index in [2.05, 4.69) is 19.9 Å². The zero-order chi connectivity index (χ0) is 14.4. The number of hydrogen-bond donors (Lipinski definition) is 1. The zero-order valence-corrected chi connectivity index (χ0v) is 12.0. The van der Waals surface area contributed by atoms with E-state index in [0.29, 0.717) is 5.89 Å². The van der Waals surface area contributed by atoms with E-state index in [1.165, 1.54) is 0 Å². The summed E-state index contributed by atoms with van der Waals surface area (Å²) in [6, 6.07) is 5.56. The molecule has 2 bridgehead atoms. The van der Waals surface area contributed by atoms with Crippen molar-refractivity contribution in [1.29, 1.82) is 0 Å². The number of phenolic OH excluding ortho intramolecular Hbond substituents is 1. The van der Waals surface area contributed by atoms with E-state index in [-0.39, 0.29) is 11.8 Å². The van der Waals surface area contributed by atoms with Gasteiger partial charge in [-0.25, -0.2) is 0 Å². The Kier molecular flexibility index (Phi) is 2.94. The molecule has 1 aromatic heterocycles. The van der Waals surface area contributed by atoms with Gasteiger partial charge in [0.25, 0.3) is 5.89 Å². The summed E-state index contributed by atoms with van der Waals surface area (Å²) < 4.78 is 5.42. The van der Waals surface area contributed by atoms with Crippen molar-refractivity contribution in [1.82, 2.24) is 19.9 Å². The van der Waals surface area contributed by atoms with Crippen LogP contribution in [0, 0.1) is 6.92 Å². The van der Waals surface area contributed by atoms with Gasteiger partial charge in [-0.05, 0) is 30.7 Å². The van der Waals surface area contributed by atoms with Gasteiger partial charge in [-0.15, -0.1) is 0 Å². The number of phenols is 1. The lowest BCUT2D eigenvalue weighted by Crippen LogP contribution is -2.57. The maximum atomic E-state index is 9.59. The Morgan fingerprint density at radius 3 is 2.71 bits per heavy atom. The third-order valence-corrected chi connectivity index (χ3v) is 4.46. The van der Waals surface area contributed by atoms with Gasteiger partial charge in [0.1, 0.15) is 5.75 Å². The van der Waals surface area contributed by atoms with E-state index in [0.717, 1.165) is 49.7 Å². The van der Waals surface area contributed by atoms with Crippen LogP contribution in [0.5, 0.6) is 5.75 Å². The second-order valence-electron chi connectivity index (χ2n) is 5.81. The molecule has 0 radical (unpaired) electrons. The Labute approximate surface area is 123 Å². The summed E-state index contributed by atoms with van der Waals surface area (Å²) in [5, 5.41) is 13.8. The van der Waals surface area contributed by atoms with Crippen LogP contribution in [-0.2, 0) is 0 Å². The summed E-state index contributed by atoms with van der Waals surface area (Å²) in [7, 11) is 0. The number of aromatic hydroxyl groups is 1. The van der Waals surface area contributed by atoms with E-state index in [9.17, 15) is 5.11 Å². The van der Waals surface area contributed by atoms with Crippen molar-refractivity contribution in [2.75, 3.05) is 32.7 Å². The topological polar surface area (TPSA) is 65.6 Å². The molecule has 21 heavy (non-hydrogen) atoms. The highest BCUT2D eigenvalue weighted by atomic mass is 16.5. The van der Waals surface area contributed by atoms with Gasteiger partial charge in [-0.1, -0.05) is 5.16 Å². The van der Waals surface area contributed by atoms with E-state index in [4.69, 9.17) is 4.52 Å². The molecule has 2 aromatic rings. The lowest BCUT2D eigenvalue weighted by molar-refractivity contribution is 0.00781. The smallest absolute Gasteiger partial charge is 0.257 e. The molecular weight excluding hydrogens is 268 g/mol. The fourth-order valence-electron chi connectivity index (χ4n) is 3.14. The fraction of sp³-hybridized carbons (Fsp3) is 0.467. The minimum atomic E-state index is 0.239. The summed E-state index contributed by atoms with van der Waals surface area (Å²) in [6.45, 7) is 7.26. The quantitative estimate of drug-likeness (QED) is 0.901. The van der Waals surface area contributed by atoms with Crippen LogP contribution >= 0.6 is 0 Å². The largest absolute Gasteiger partial charge is 0.508 e. The Morgan fingerprint density at radius 1 is 1.24 bits per heavy atom. The number of aromatic nitrogens is 2. The summed E-state index contributed by atoms with van der Waals surface area (Å²) in [5.41, 5.74) is 1.65. The highest BCUT2D eigenvalue weighted by Gasteiger charge is 2.35. The molecule has 4 heterocycles. The first-order chi connectivity index (χ1) is 10.2. The molecule has 110 valence electrons. The van der Waals surface area contributed by atoms with Gasteiger partial charge >= 0.3 is 0 Å². The average Bonchev–Trinajstić information content (AvgIpc) is 3.01. The molecule has 6 heteroatoms. The van der Waals surface area contributed by atoms with Gasteiger partial charge in [0.15, 0.2) is 5.82 Å². The first kappa shape index (κ1) is 12.8. The molecule has 3 aliphatic heterocycles. The third-order valence-electron chi connectivity index (χ3n) is 4.46. The van der Waals surface area contributed by atoms with Crippen molar-refractivity contribution < 1.29 is 9.63 Å². The molecule has 3 saturated heterocycles. The van der Waals surface area contributed by atoms with Crippen LogP contribution in [0.15, 0.2) is 22.7 Å². The number of nitrogens with zero attached hydrogens (tertiary/aromatic N) is 4. The van der Waals surface area contributed by atoms with Crippen LogP contribution in [0.25, 0.3) is 11.5 Å². The molecule has 0 spiro atoms. The molecular formula is C15H18N4O2. The predicted molar refractivity (Wildman–Crippen MR) is 76.9 cm³/mol. The molecule has 1 atom stereocenters. The molecule has 3 aliphatic rings. The SMILES string of the molecule is Cc1cc(-c2nc(C3CN4CCN3CC4)no2)ccc1O. The van der Waals surface area contributed by atoms with E-state index < -0.39 is 0 Å². The van der Waals surface area contributed by atoms with Crippen LogP contribution in [0.3, 0.4) is 0 Å². The van der Waals surface area contributed by atoms with Gasteiger partial charge < -0.3 is 9.63 Å². The van der Waals surface area contributed by atoms with Crippen molar-refractivity contribution in [2.24, 2.45) is 0 Å². The predicted octanol–water partition coefficient (Wildman–Crippen LogP) is 1.42. The van der Waals surface area contributed by atoms with Crippen LogP contribution in [0.1, 0.15) is 17.4 Å². The minimum absolute atomic E-state index is 0.239. The molecule has 1 N–H and O–H groups in total. The van der Waals surface area contributed by atoms with Gasteiger partial charge in [-0.2, -0.15) is 4.98 Å². The van der Waals surface area contributed by atoms with Gasteiger partial charge in [-0.3, -0.25) is 9.80 Å². The second-order valence-corrected chi connectivity index (χ2v) is 5.81. The highest BCUT2D eigenvalue weighted by Crippen LogP contribution is 2.29. The normalized spacial score (nSPS) is 28.0. The van der Waals surface area contributed by atoms with Crippen LogP contribution in [0.4, 0.5) is 0 Å². The molecule has 1 aromatic carbocycles. The lowest BCUT2D eigenvalue weighted by Gasteiger charge is -2.46. The Hall–Kier alpha value is -1.92. The number of aryl methyl sites for hydroxylation is 1. The molecule has 0 amide bonds. The van der Waals surface area contributed by atoms with E-state index in [1.54, 1.807) is 12.1 Å². The number of rotatable bonds is 2. The van der Waals surface area contributed by atoms with Gasteiger partial charge in [0.05, 0.1) is 6.04 Å². The van der Waals surface area contributed by atoms with E-state index in [1.807, 2.05) is 13.0 Å². The summed E-state index contributed by atoms with van der Waals surface area (Å²) in [5.74, 6) is 1.56. The molecule has 0 saturated carbocycles. The van der Waals surface area contributed by atoms with Crippen molar-refractivity contribution >= 4 is 0 Å². The Morgan fingerprint density at radius 2 is 2.05 bits per heavy atom. The van der Waals surface area contributed by atoms with Gasteiger partial charge in [0.2, 0.25) is 0 Å². The first-order valence-electron chi connectivity index (χ1n) is 7.31. The number of fused-ring (bicyclic) bond motifs is 3. The molecule has 3 fully saturated rings. The average molecular weight is 286 g/mol. The number of piperazine rings is 3. The van der Waals surface area contributed by atoms with Crippen molar-refractivity contribution in [3.05, 3.63) is 29.6 Å². The molecule has 5 rings (SSSR count). The summed E-state index contributed by atoms with van der Waals surface area (Å²) in [4.78, 5) is 9.44. The standard InChI is InChI=1S/C15H18N4O2/c1-10-8-11(2-3-13(10)20)15-16-14(17-21-15)12-9-18-4-6-19(12)7-5-18/h2-3,8,12,20H,4-7,9H2,1H3. The fourth-order valence-corrected chi connectivity index (χ4v) is 3.14. The van der Waals surface area contributed by atoms with Gasteiger partial charge in [0, 0.05) is 38.3 Å². The third kappa shape index (κ3) is 2.20. The van der Waals surface area contributed by atoms with Crippen LogP contribution in [0.2, 0.25) is 0 Å². The Bertz CT molecular complexity index is 661. The first-order valence-corrected chi connectivity index (χ1v) is 7.31. The van der Waals surface area contributed by atoms with Crippen molar-refractivity contribution in [3.63, 3.8) is 0 Å². The molecule has 1 unspecified atom stereocenters. The Balaban J connectivity index is 1.62. The van der Waals surface area contributed by atoms with Crippen molar-refractivity contribution in [2.45, 2.75) is 13.0 Å². The van der Waals surface area contributed by atoms with Crippen LogP contribution in [-0.4, -0.2) is 57.8 Å². The second kappa shape index (κ2) is 4.82. The maximum absolute atomic E-state index is 9.59. The zero-order valence-electron chi connectivity index (χ0n) is 12.0. The van der Waals surface area contributed by atoms with E-state index >= 15 is 0 Å².